The standard InChI is InChI=1S/C14H19BrN2O2/c1-10-7-12(15)8-11(2)14(10)19-9-13(18)17-5-3-16-4-6-17/h7-8,16H,3-6,9H2,1-2H3. The van der Waals surface area contributed by atoms with Crippen LogP contribution in [-0.2, 0) is 4.79 Å². The highest BCUT2D eigenvalue weighted by molar-refractivity contribution is 9.10. The van der Waals surface area contributed by atoms with Gasteiger partial charge in [0.25, 0.3) is 5.91 Å². The molecular formula is C14H19BrN2O2. The van der Waals surface area contributed by atoms with Crippen LogP contribution in [-0.4, -0.2) is 43.6 Å². The fourth-order valence-electron chi connectivity index (χ4n) is 2.26. The van der Waals surface area contributed by atoms with Gasteiger partial charge >= 0.3 is 0 Å². The summed E-state index contributed by atoms with van der Waals surface area (Å²) in [7, 11) is 0. The largest absolute Gasteiger partial charge is 0.483 e. The zero-order valence-electron chi connectivity index (χ0n) is 11.3. The van der Waals surface area contributed by atoms with Gasteiger partial charge < -0.3 is 15.0 Å². The monoisotopic (exact) mass is 326 g/mol. The molecule has 104 valence electrons. The van der Waals surface area contributed by atoms with Gasteiger partial charge in [0.1, 0.15) is 5.75 Å². The second-order valence-electron chi connectivity index (χ2n) is 4.79. The van der Waals surface area contributed by atoms with Crippen molar-refractivity contribution < 1.29 is 9.53 Å². The average molecular weight is 327 g/mol. The molecule has 1 aliphatic rings. The van der Waals surface area contributed by atoms with Crippen molar-refractivity contribution in [1.82, 2.24) is 10.2 Å². The Labute approximate surface area is 122 Å². The number of benzene rings is 1. The second-order valence-corrected chi connectivity index (χ2v) is 5.70. The smallest absolute Gasteiger partial charge is 0.260 e. The van der Waals surface area contributed by atoms with Gasteiger partial charge in [-0.3, -0.25) is 4.79 Å². The third kappa shape index (κ3) is 3.70. The summed E-state index contributed by atoms with van der Waals surface area (Å²) >= 11 is 3.45. The van der Waals surface area contributed by atoms with Crippen LogP contribution in [0.3, 0.4) is 0 Å². The van der Waals surface area contributed by atoms with Gasteiger partial charge in [-0.2, -0.15) is 0 Å². The number of carbonyl (C=O) groups excluding carboxylic acids is 1. The van der Waals surface area contributed by atoms with Crippen molar-refractivity contribution in [3.63, 3.8) is 0 Å². The average Bonchev–Trinajstić information content (AvgIpc) is 2.38. The van der Waals surface area contributed by atoms with Crippen molar-refractivity contribution in [3.05, 3.63) is 27.7 Å². The van der Waals surface area contributed by atoms with Crippen LogP contribution in [0.2, 0.25) is 0 Å². The Morgan fingerprint density at radius 2 is 1.89 bits per heavy atom. The van der Waals surface area contributed by atoms with E-state index in [0.29, 0.717) is 0 Å². The molecule has 0 unspecified atom stereocenters. The van der Waals surface area contributed by atoms with E-state index < -0.39 is 0 Å². The lowest BCUT2D eigenvalue weighted by atomic mass is 10.1. The summed E-state index contributed by atoms with van der Waals surface area (Å²) in [5.41, 5.74) is 2.08. The van der Waals surface area contributed by atoms with Gasteiger partial charge in [0.05, 0.1) is 0 Å². The molecular weight excluding hydrogens is 308 g/mol. The first-order valence-corrected chi connectivity index (χ1v) is 7.25. The highest BCUT2D eigenvalue weighted by atomic mass is 79.9. The predicted octanol–water partition coefficient (Wildman–Crippen LogP) is 1.88. The number of amides is 1. The number of carbonyl (C=O) groups is 1. The fourth-order valence-corrected chi connectivity index (χ4v) is 2.95. The van der Waals surface area contributed by atoms with Gasteiger partial charge in [0.2, 0.25) is 0 Å². The molecule has 1 saturated heterocycles. The van der Waals surface area contributed by atoms with Gasteiger partial charge in [-0.1, -0.05) is 15.9 Å². The predicted molar refractivity (Wildman–Crippen MR) is 78.6 cm³/mol. The maximum atomic E-state index is 12.0. The van der Waals surface area contributed by atoms with Gasteiger partial charge in [-0.15, -0.1) is 0 Å². The van der Waals surface area contributed by atoms with E-state index >= 15 is 0 Å². The number of aryl methyl sites for hydroxylation is 2. The molecule has 0 aliphatic carbocycles. The van der Waals surface area contributed by atoms with Crippen LogP contribution < -0.4 is 10.1 Å². The molecule has 0 aromatic heterocycles. The van der Waals surface area contributed by atoms with Gasteiger partial charge in [0, 0.05) is 30.7 Å². The fraction of sp³-hybridized carbons (Fsp3) is 0.500. The van der Waals surface area contributed by atoms with Crippen molar-refractivity contribution >= 4 is 21.8 Å². The van der Waals surface area contributed by atoms with E-state index in [1.54, 1.807) is 0 Å². The highest BCUT2D eigenvalue weighted by Crippen LogP contribution is 2.27. The Bertz CT molecular complexity index is 448. The number of nitrogens with one attached hydrogen (secondary N) is 1. The van der Waals surface area contributed by atoms with Crippen LogP contribution in [0, 0.1) is 13.8 Å². The summed E-state index contributed by atoms with van der Waals surface area (Å²) < 4.78 is 6.74. The first-order chi connectivity index (χ1) is 9.08. The molecule has 1 aliphatic heterocycles. The Morgan fingerprint density at radius 3 is 2.47 bits per heavy atom. The molecule has 0 spiro atoms. The summed E-state index contributed by atoms with van der Waals surface area (Å²) in [4.78, 5) is 13.9. The molecule has 1 aromatic carbocycles. The van der Waals surface area contributed by atoms with Crippen LogP contribution in [0.15, 0.2) is 16.6 Å². The first-order valence-electron chi connectivity index (χ1n) is 6.46. The summed E-state index contributed by atoms with van der Waals surface area (Å²) in [6.45, 7) is 7.35. The SMILES string of the molecule is Cc1cc(Br)cc(C)c1OCC(=O)N1CCNCC1. The Kier molecular flexibility index (Phi) is 4.82. The van der Waals surface area contributed by atoms with E-state index in [1.807, 2.05) is 30.9 Å². The van der Waals surface area contributed by atoms with Crippen molar-refractivity contribution in [3.8, 4) is 5.75 Å². The second kappa shape index (κ2) is 6.39. The highest BCUT2D eigenvalue weighted by Gasteiger charge is 2.17. The summed E-state index contributed by atoms with van der Waals surface area (Å²) in [5.74, 6) is 0.870. The lowest BCUT2D eigenvalue weighted by molar-refractivity contribution is -0.133. The van der Waals surface area contributed by atoms with Crippen LogP contribution in [0.4, 0.5) is 0 Å². The third-order valence-electron chi connectivity index (χ3n) is 3.23. The first kappa shape index (κ1) is 14.3. The van der Waals surface area contributed by atoms with E-state index in [-0.39, 0.29) is 12.5 Å². The third-order valence-corrected chi connectivity index (χ3v) is 3.69. The quantitative estimate of drug-likeness (QED) is 0.922. The Morgan fingerprint density at radius 1 is 1.32 bits per heavy atom. The number of nitrogens with zero attached hydrogens (tertiary/aromatic N) is 1. The van der Waals surface area contributed by atoms with Crippen molar-refractivity contribution in [1.29, 1.82) is 0 Å². The van der Waals surface area contributed by atoms with Crippen LogP contribution in [0.1, 0.15) is 11.1 Å². The lowest BCUT2D eigenvalue weighted by Crippen LogP contribution is -2.48. The molecule has 0 bridgehead atoms. The zero-order valence-corrected chi connectivity index (χ0v) is 12.9. The molecule has 0 atom stereocenters. The maximum Gasteiger partial charge on any atom is 0.260 e. The Hall–Kier alpha value is -1.07. The molecule has 1 N–H and O–H groups in total. The number of piperazine rings is 1. The van der Waals surface area contributed by atoms with E-state index in [4.69, 9.17) is 4.74 Å². The molecule has 1 fully saturated rings. The molecule has 1 aromatic rings. The normalized spacial score (nSPS) is 15.4. The van der Waals surface area contributed by atoms with Crippen molar-refractivity contribution in [2.24, 2.45) is 0 Å². The summed E-state index contributed by atoms with van der Waals surface area (Å²) in [6, 6.07) is 4.00. The number of hydrogen-bond acceptors (Lipinski definition) is 3. The molecule has 4 nitrogen and oxygen atoms in total. The number of rotatable bonds is 3. The molecule has 2 rings (SSSR count). The van der Waals surface area contributed by atoms with Gasteiger partial charge in [-0.05, 0) is 37.1 Å². The van der Waals surface area contributed by atoms with Crippen LogP contribution >= 0.6 is 15.9 Å². The number of hydrogen-bond donors (Lipinski definition) is 1. The number of halogens is 1. The zero-order chi connectivity index (χ0) is 13.8. The molecule has 0 saturated carbocycles. The van der Waals surface area contributed by atoms with Gasteiger partial charge in [-0.25, -0.2) is 0 Å². The molecule has 1 heterocycles. The molecule has 1 amide bonds. The van der Waals surface area contributed by atoms with Crippen molar-refractivity contribution in [2.45, 2.75) is 13.8 Å². The lowest BCUT2D eigenvalue weighted by Gasteiger charge is -2.27. The maximum absolute atomic E-state index is 12.0. The summed E-state index contributed by atoms with van der Waals surface area (Å²) in [6.07, 6.45) is 0. The van der Waals surface area contributed by atoms with Gasteiger partial charge in [0.15, 0.2) is 6.61 Å². The molecule has 19 heavy (non-hydrogen) atoms. The summed E-state index contributed by atoms with van der Waals surface area (Å²) in [5, 5.41) is 3.23. The van der Waals surface area contributed by atoms with Crippen LogP contribution in [0.25, 0.3) is 0 Å². The minimum absolute atomic E-state index is 0.0585. The van der Waals surface area contributed by atoms with Crippen LogP contribution in [0.5, 0.6) is 5.75 Å². The van der Waals surface area contributed by atoms with Crippen molar-refractivity contribution in [2.75, 3.05) is 32.8 Å². The van der Waals surface area contributed by atoms with E-state index in [9.17, 15) is 4.79 Å². The van der Waals surface area contributed by atoms with E-state index in [1.165, 1.54) is 0 Å². The molecule has 5 heteroatoms. The minimum Gasteiger partial charge on any atom is -0.483 e. The van der Waals surface area contributed by atoms with E-state index in [2.05, 4.69) is 21.2 Å². The molecule has 0 radical (unpaired) electrons. The topological polar surface area (TPSA) is 41.6 Å². The minimum atomic E-state index is 0.0585. The van der Waals surface area contributed by atoms with E-state index in [0.717, 1.165) is 47.5 Å². The number of ether oxygens (including phenoxy) is 1. The Balaban J connectivity index is 1.96.